The lowest BCUT2D eigenvalue weighted by atomic mass is 9.89. The van der Waals surface area contributed by atoms with Gasteiger partial charge < -0.3 is 4.99 Å². The van der Waals surface area contributed by atoms with E-state index >= 15 is 0 Å². The zero-order valence-corrected chi connectivity index (χ0v) is 13.9. The first-order chi connectivity index (χ1) is 10.5. The number of aryl methyl sites for hydroxylation is 1. The lowest BCUT2D eigenvalue weighted by Crippen LogP contribution is -2.05. The second-order valence-corrected chi connectivity index (χ2v) is 6.10. The molecule has 0 aliphatic rings. The molecule has 0 heterocycles. The molecule has 1 nitrogen and oxygen atoms in total. The largest absolute Gasteiger partial charge is 0.300 e. The van der Waals surface area contributed by atoms with Crippen LogP contribution in [0.25, 0.3) is 0 Å². The molecular formula is C20H24FN. The summed E-state index contributed by atoms with van der Waals surface area (Å²) in [5.74, 6) is 0.260. The average molecular weight is 297 g/mol. The first-order valence-corrected chi connectivity index (χ1v) is 7.71. The van der Waals surface area contributed by atoms with Gasteiger partial charge in [0.1, 0.15) is 5.82 Å². The SMILES string of the molecule is C=NCC(C)c1ccccc1Cc1cc(C)c(F)c(C)c1C. The molecular weight excluding hydrogens is 273 g/mol. The topological polar surface area (TPSA) is 12.4 Å². The number of hydrogen-bond acceptors (Lipinski definition) is 1. The van der Waals surface area contributed by atoms with Crippen LogP contribution in [-0.4, -0.2) is 13.3 Å². The summed E-state index contributed by atoms with van der Waals surface area (Å²) in [7, 11) is 0. The van der Waals surface area contributed by atoms with Crippen LogP contribution in [0.1, 0.15) is 46.2 Å². The summed E-state index contributed by atoms with van der Waals surface area (Å²) in [6.45, 7) is 12.2. The van der Waals surface area contributed by atoms with Crippen LogP contribution in [0.15, 0.2) is 35.3 Å². The molecule has 2 aromatic carbocycles. The van der Waals surface area contributed by atoms with Crippen molar-refractivity contribution < 1.29 is 4.39 Å². The normalized spacial score (nSPS) is 12.2. The van der Waals surface area contributed by atoms with Crippen LogP contribution < -0.4 is 0 Å². The van der Waals surface area contributed by atoms with Crippen molar-refractivity contribution in [3.05, 3.63) is 69.5 Å². The van der Waals surface area contributed by atoms with Crippen molar-refractivity contribution in [2.75, 3.05) is 6.54 Å². The predicted molar refractivity (Wildman–Crippen MR) is 92.7 cm³/mol. The fourth-order valence-electron chi connectivity index (χ4n) is 2.99. The zero-order valence-electron chi connectivity index (χ0n) is 13.9. The zero-order chi connectivity index (χ0) is 16.3. The van der Waals surface area contributed by atoms with E-state index in [-0.39, 0.29) is 5.82 Å². The van der Waals surface area contributed by atoms with Crippen molar-refractivity contribution in [2.45, 2.75) is 40.0 Å². The maximum absolute atomic E-state index is 14.0. The Morgan fingerprint density at radius 2 is 1.77 bits per heavy atom. The molecule has 1 unspecified atom stereocenters. The van der Waals surface area contributed by atoms with Crippen molar-refractivity contribution >= 4 is 6.72 Å². The highest BCUT2D eigenvalue weighted by atomic mass is 19.1. The Hall–Kier alpha value is -1.96. The molecule has 22 heavy (non-hydrogen) atoms. The van der Waals surface area contributed by atoms with Crippen LogP contribution in [0.4, 0.5) is 4.39 Å². The van der Waals surface area contributed by atoms with Crippen molar-refractivity contribution in [3.63, 3.8) is 0 Å². The van der Waals surface area contributed by atoms with Crippen molar-refractivity contribution in [1.29, 1.82) is 0 Å². The highest BCUT2D eigenvalue weighted by Gasteiger charge is 2.14. The second-order valence-electron chi connectivity index (χ2n) is 6.10. The Labute approximate surface area is 132 Å². The Balaban J connectivity index is 2.42. The van der Waals surface area contributed by atoms with Gasteiger partial charge in [-0.3, -0.25) is 0 Å². The quantitative estimate of drug-likeness (QED) is 0.677. The van der Waals surface area contributed by atoms with E-state index in [4.69, 9.17) is 0 Å². The maximum Gasteiger partial charge on any atom is 0.129 e. The molecule has 116 valence electrons. The summed E-state index contributed by atoms with van der Waals surface area (Å²) in [6, 6.07) is 10.4. The van der Waals surface area contributed by atoms with Crippen LogP contribution in [0.2, 0.25) is 0 Å². The fraction of sp³-hybridized carbons (Fsp3) is 0.350. The third kappa shape index (κ3) is 3.27. The number of nitrogens with zero attached hydrogens (tertiary/aromatic N) is 1. The van der Waals surface area contributed by atoms with Crippen LogP contribution in [0, 0.1) is 26.6 Å². The number of hydrogen-bond donors (Lipinski definition) is 0. The molecule has 0 aliphatic carbocycles. The minimum atomic E-state index is -0.0845. The molecule has 0 spiro atoms. The summed E-state index contributed by atoms with van der Waals surface area (Å²) in [6.07, 6.45) is 0.825. The minimum absolute atomic E-state index is 0.0845. The highest BCUT2D eigenvalue weighted by Crippen LogP contribution is 2.27. The fourth-order valence-corrected chi connectivity index (χ4v) is 2.99. The Morgan fingerprint density at radius 3 is 2.45 bits per heavy atom. The van der Waals surface area contributed by atoms with Crippen molar-refractivity contribution in [3.8, 4) is 0 Å². The molecule has 0 amide bonds. The summed E-state index contributed by atoms with van der Waals surface area (Å²) >= 11 is 0. The van der Waals surface area contributed by atoms with Gasteiger partial charge in [0.15, 0.2) is 0 Å². The van der Waals surface area contributed by atoms with E-state index in [1.807, 2.05) is 26.8 Å². The summed E-state index contributed by atoms with van der Waals surface area (Å²) in [5.41, 5.74) is 6.31. The first kappa shape index (κ1) is 16.4. The molecule has 0 saturated heterocycles. The maximum atomic E-state index is 14.0. The van der Waals surface area contributed by atoms with Gasteiger partial charge in [0.05, 0.1) is 0 Å². The van der Waals surface area contributed by atoms with E-state index in [1.54, 1.807) is 0 Å². The minimum Gasteiger partial charge on any atom is -0.300 e. The smallest absolute Gasteiger partial charge is 0.129 e. The van der Waals surface area contributed by atoms with Gasteiger partial charge in [-0.15, -0.1) is 0 Å². The monoisotopic (exact) mass is 297 g/mol. The molecule has 0 bridgehead atoms. The van der Waals surface area contributed by atoms with Crippen molar-refractivity contribution in [2.24, 2.45) is 4.99 Å². The van der Waals surface area contributed by atoms with Crippen LogP contribution >= 0.6 is 0 Å². The molecule has 2 aromatic rings. The molecule has 1 atom stereocenters. The Kier molecular flexibility index (Phi) is 5.12. The summed E-state index contributed by atoms with van der Waals surface area (Å²) in [5, 5.41) is 0. The van der Waals surface area contributed by atoms with Crippen molar-refractivity contribution in [1.82, 2.24) is 0 Å². The Morgan fingerprint density at radius 1 is 1.09 bits per heavy atom. The molecule has 2 heteroatoms. The first-order valence-electron chi connectivity index (χ1n) is 7.71. The molecule has 0 saturated carbocycles. The van der Waals surface area contributed by atoms with E-state index in [0.717, 1.165) is 29.7 Å². The third-order valence-corrected chi connectivity index (χ3v) is 4.48. The average Bonchev–Trinajstić information content (AvgIpc) is 2.51. The van der Waals surface area contributed by atoms with Gasteiger partial charge in [-0.2, -0.15) is 0 Å². The van der Waals surface area contributed by atoms with Gasteiger partial charge in [-0.1, -0.05) is 37.3 Å². The van der Waals surface area contributed by atoms with Crippen LogP contribution in [0.5, 0.6) is 0 Å². The molecule has 0 aliphatic heterocycles. The van der Waals surface area contributed by atoms with E-state index in [0.29, 0.717) is 5.92 Å². The highest BCUT2D eigenvalue weighted by molar-refractivity contribution is 5.43. The molecule has 0 aromatic heterocycles. The number of aliphatic imine (C=N–C) groups is 1. The van der Waals surface area contributed by atoms with Gasteiger partial charge >= 0.3 is 0 Å². The standard InChI is InChI=1S/C20H24FN/c1-13-10-18(15(3)16(4)20(13)21)11-17-8-6-7-9-19(17)14(2)12-22-5/h6-10,14H,5,11-12H2,1-4H3. The van der Waals surface area contributed by atoms with Gasteiger partial charge in [0, 0.05) is 12.5 Å². The number of rotatable bonds is 5. The molecule has 0 fully saturated rings. The summed E-state index contributed by atoms with van der Waals surface area (Å²) < 4.78 is 14.0. The van der Waals surface area contributed by atoms with Gasteiger partial charge in [-0.25, -0.2) is 4.39 Å². The second kappa shape index (κ2) is 6.87. The van der Waals surface area contributed by atoms with E-state index in [2.05, 4.69) is 42.9 Å². The summed E-state index contributed by atoms with van der Waals surface area (Å²) in [4.78, 5) is 4.02. The van der Waals surface area contributed by atoms with E-state index in [1.165, 1.54) is 16.7 Å². The number of halogens is 1. The van der Waals surface area contributed by atoms with Crippen LogP contribution in [-0.2, 0) is 6.42 Å². The Bertz CT molecular complexity index is 688. The molecule has 0 radical (unpaired) electrons. The molecule has 0 N–H and O–H groups in total. The lowest BCUT2D eigenvalue weighted by molar-refractivity contribution is 0.606. The molecule has 2 rings (SSSR count). The van der Waals surface area contributed by atoms with Gasteiger partial charge in [0.25, 0.3) is 0 Å². The van der Waals surface area contributed by atoms with Gasteiger partial charge in [0.2, 0.25) is 0 Å². The predicted octanol–water partition coefficient (Wildman–Crippen LogP) is 5.15. The lowest BCUT2D eigenvalue weighted by Gasteiger charge is -2.17. The third-order valence-electron chi connectivity index (χ3n) is 4.48. The van der Waals surface area contributed by atoms with Gasteiger partial charge in [-0.05, 0) is 67.3 Å². The van der Waals surface area contributed by atoms with E-state index in [9.17, 15) is 4.39 Å². The van der Waals surface area contributed by atoms with E-state index < -0.39 is 0 Å². The van der Waals surface area contributed by atoms with Crippen LogP contribution in [0.3, 0.4) is 0 Å². The number of benzene rings is 2.